The van der Waals surface area contributed by atoms with Crippen molar-refractivity contribution in [2.24, 2.45) is 0 Å². The SMILES string of the molecule is COC1CCN(c2ncnc(Cl)c2C=O)C1. The number of aromatic nitrogens is 2. The van der Waals surface area contributed by atoms with Gasteiger partial charge in [-0.1, -0.05) is 11.6 Å². The Labute approximate surface area is 98.4 Å². The van der Waals surface area contributed by atoms with Crippen LogP contribution in [0.25, 0.3) is 0 Å². The van der Waals surface area contributed by atoms with Crippen LogP contribution in [0.3, 0.4) is 0 Å². The second kappa shape index (κ2) is 4.76. The molecule has 1 aromatic rings. The van der Waals surface area contributed by atoms with Gasteiger partial charge in [0.15, 0.2) is 6.29 Å². The Kier molecular flexibility index (Phi) is 3.36. The third kappa shape index (κ3) is 2.01. The lowest BCUT2D eigenvalue weighted by molar-refractivity contribution is 0.112. The molecular weight excluding hydrogens is 230 g/mol. The summed E-state index contributed by atoms with van der Waals surface area (Å²) in [5, 5.41) is 0.195. The van der Waals surface area contributed by atoms with Crippen LogP contribution in [-0.4, -0.2) is 42.6 Å². The van der Waals surface area contributed by atoms with Gasteiger partial charge < -0.3 is 9.64 Å². The lowest BCUT2D eigenvalue weighted by atomic mass is 10.3. The Balaban J connectivity index is 2.27. The highest BCUT2D eigenvalue weighted by atomic mass is 35.5. The van der Waals surface area contributed by atoms with Crippen LogP contribution >= 0.6 is 11.6 Å². The van der Waals surface area contributed by atoms with Crippen LogP contribution in [-0.2, 0) is 4.74 Å². The average Bonchev–Trinajstić information content (AvgIpc) is 2.77. The number of ether oxygens (including phenoxy) is 1. The topological polar surface area (TPSA) is 55.3 Å². The number of nitrogens with zero attached hydrogens (tertiary/aromatic N) is 3. The zero-order valence-electron chi connectivity index (χ0n) is 8.89. The van der Waals surface area contributed by atoms with E-state index in [4.69, 9.17) is 16.3 Å². The standard InChI is InChI=1S/C10H12ClN3O2/c1-16-7-2-3-14(4-7)10-8(5-15)9(11)12-6-13-10/h5-7H,2-4H2,1H3. The van der Waals surface area contributed by atoms with Crippen molar-refractivity contribution in [3.05, 3.63) is 17.0 Å². The fourth-order valence-corrected chi connectivity index (χ4v) is 2.00. The average molecular weight is 242 g/mol. The number of halogens is 1. The molecule has 1 atom stereocenters. The van der Waals surface area contributed by atoms with Crippen molar-refractivity contribution < 1.29 is 9.53 Å². The first-order valence-corrected chi connectivity index (χ1v) is 5.37. The monoisotopic (exact) mass is 241 g/mol. The number of methoxy groups -OCH3 is 1. The van der Waals surface area contributed by atoms with Gasteiger partial charge in [-0.15, -0.1) is 0 Å². The molecule has 1 unspecified atom stereocenters. The molecule has 2 heterocycles. The third-order valence-corrected chi connectivity index (χ3v) is 3.01. The van der Waals surface area contributed by atoms with Crippen molar-refractivity contribution in [3.8, 4) is 0 Å². The van der Waals surface area contributed by atoms with Crippen molar-refractivity contribution in [2.45, 2.75) is 12.5 Å². The van der Waals surface area contributed by atoms with Gasteiger partial charge in [0.1, 0.15) is 17.3 Å². The summed E-state index contributed by atoms with van der Waals surface area (Å²) >= 11 is 5.84. The molecule has 2 rings (SSSR count). The number of hydrogen-bond donors (Lipinski definition) is 0. The Morgan fingerprint density at radius 2 is 2.44 bits per heavy atom. The summed E-state index contributed by atoms with van der Waals surface area (Å²) in [6, 6.07) is 0. The van der Waals surface area contributed by atoms with Crippen molar-refractivity contribution in [1.82, 2.24) is 9.97 Å². The summed E-state index contributed by atoms with van der Waals surface area (Å²) < 4.78 is 5.26. The molecule has 0 N–H and O–H groups in total. The Hall–Kier alpha value is -1.20. The van der Waals surface area contributed by atoms with E-state index in [1.165, 1.54) is 6.33 Å². The molecule has 1 aliphatic heterocycles. The molecule has 0 bridgehead atoms. The van der Waals surface area contributed by atoms with Crippen molar-refractivity contribution in [3.63, 3.8) is 0 Å². The minimum atomic E-state index is 0.188. The lowest BCUT2D eigenvalue weighted by Gasteiger charge is -2.18. The maximum atomic E-state index is 10.9. The van der Waals surface area contributed by atoms with Crippen LogP contribution < -0.4 is 4.90 Å². The van der Waals surface area contributed by atoms with E-state index in [-0.39, 0.29) is 11.3 Å². The maximum Gasteiger partial charge on any atom is 0.156 e. The molecule has 6 heteroatoms. The summed E-state index contributed by atoms with van der Waals surface area (Å²) in [7, 11) is 1.68. The van der Waals surface area contributed by atoms with E-state index in [1.54, 1.807) is 7.11 Å². The molecule has 86 valence electrons. The number of hydrogen-bond acceptors (Lipinski definition) is 5. The van der Waals surface area contributed by atoms with E-state index in [2.05, 4.69) is 9.97 Å². The van der Waals surface area contributed by atoms with Gasteiger partial charge in [-0.25, -0.2) is 9.97 Å². The summed E-state index contributed by atoms with van der Waals surface area (Å²) in [5.41, 5.74) is 0.348. The van der Waals surface area contributed by atoms with E-state index in [0.29, 0.717) is 17.7 Å². The Morgan fingerprint density at radius 1 is 1.62 bits per heavy atom. The first-order valence-electron chi connectivity index (χ1n) is 4.99. The molecule has 1 aliphatic rings. The molecule has 16 heavy (non-hydrogen) atoms. The second-order valence-electron chi connectivity index (χ2n) is 3.61. The normalized spacial score (nSPS) is 20.1. The molecule has 0 aliphatic carbocycles. The van der Waals surface area contributed by atoms with Crippen molar-refractivity contribution >= 4 is 23.7 Å². The summed E-state index contributed by atoms with van der Waals surface area (Å²) in [4.78, 5) is 20.8. The minimum absolute atomic E-state index is 0.188. The number of anilines is 1. The first kappa shape index (κ1) is 11.3. The van der Waals surface area contributed by atoms with Gasteiger partial charge >= 0.3 is 0 Å². The molecule has 1 saturated heterocycles. The van der Waals surface area contributed by atoms with Gasteiger partial charge in [-0.3, -0.25) is 4.79 Å². The van der Waals surface area contributed by atoms with Gasteiger partial charge in [0.05, 0.1) is 11.7 Å². The second-order valence-corrected chi connectivity index (χ2v) is 3.97. The van der Waals surface area contributed by atoms with Gasteiger partial charge in [-0.05, 0) is 6.42 Å². The fraction of sp³-hybridized carbons (Fsp3) is 0.500. The van der Waals surface area contributed by atoms with Crippen LogP contribution in [0.2, 0.25) is 5.15 Å². The summed E-state index contributed by atoms with van der Waals surface area (Å²) in [6.07, 6.45) is 3.17. The minimum Gasteiger partial charge on any atom is -0.380 e. The predicted octanol–water partition coefficient (Wildman–Crippen LogP) is 1.17. The quantitative estimate of drug-likeness (QED) is 0.587. The lowest BCUT2D eigenvalue weighted by Crippen LogP contribution is -2.24. The number of aldehydes is 1. The van der Waals surface area contributed by atoms with Crippen LogP contribution in [0.1, 0.15) is 16.8 Å². The molecule has 0 radical (unpaired) electrons. The van der Waals surface area contributed by atoms with Crippen LogP contribution in [0.4, 0.5) is 5.82 Å². The number of carbonyl (C=O) groups is 1. The zero-order valence-corrected chi connectivity index (χ0v) is 9.65. The smallest absolute Gasteiger partial charge is 0.156 e. The van der Waals surface area contributed by atoms with Gasteiger partial charge in [0.25, 0.3) is 0 Å². The predicted molar refractivity (Wildman–Crippen MR) is 60.1 cm³/mol. The van der Waals surface area contributed by atoms with Gasteiger partial charge in [-0.2, -0.15) is 0 Å². The van der Waals surface area contributed by atoms with Crippen LogP contribution in [0.5, 0.6) is 0 Å². The highest BCUT2D eigenvalue weighted by Gasteiger charge is 2.25. The summed E-state index contributed by atoms with van der Waals surface area (Å²) in [6.45, 7) is 1.54. The van der Waals surface area contributed by atoms with E-state index < -0.39 is 0 Å². The largest absolute Gasteiger partial charge is 0.380 e. The molecule has 5 nitrogen and oxygen atoms in total. The first-order chi connectivity index (χ1) is 7.76. The molecule has 1 aromatic heterocycles. The Morgan fingerprint density at radius 3 is 3.06 bits per heavy atom. The van der Waals surface area contributed by atoms with E-state index in [0.717, 1.165) is 19.5 Å². The highest BCUT2D eigenvalue weighted by molar-refractivity contribution is 6.32. The van der Waals surface area contributed by atoms with Gasteiger partial charge in [0.2, 0.25) is 0 Å². The molecule has 0 aromatic carbocycles. The van der Waals surface area contributed by atoms with Crippen LogP contribution in [0.15, 0.2) is 6.33 Å². The molecule has 0 amide bonds. The number of rotatable bonds is 3. The van der Waals surface area contributed by atoms with E-state index in [1.807, 2.05) is 4.90 Å². The maximum absolute atomic E-state index is 10.9. The zero-order chi connectivity index (χ0) is 11.5. The number of carbonyl (C=O) groups excluding carboxylic acids is 1. The summed E-state index contributed by atoms with van der Waals surface area (Å²) in [5.74, 6) is 0.592. The highest BCUT2D eigenvalue weighted by Crippen LogP contribution is 2.25. The molecular formula is C10H12ClN3O2. The fourth-order valence-electron chi connectivity index (χ4n) is 1.83. The third-order valence-electron chi connectivity index (χ3n) is 2.71. The van der Waals surface area contributed by atoms with E-state index in [9.17, 15) is 4.79 Å². The van der Waals surface area contributed by atoms with Crippen LogP contribution in [0, 0.1) is 0 Å². The van der Waals surface area contributed by atoms with Gasteiger partial charge in [0, 0.05) is 20.2 Å². The molecule has 0 saturated carbocycles. The van der Waals surface area contributed by atoms with Crippen molar-refractivity contribution in [1.29, 1.82) is 0 Å². The van der Waals surface area contributed by atoms with Crippen molar-refractivity contribution in [2.75, 3.05) is 25.1 Å². The Bertz CT molecular complexity index is 400. The molecule has 0 spiro atoms. The van der Waals surface area contributed by atoms with E-state index >= 15 is 0 Å². The molecule has 1 fully saturated rings.